The van der Waals surface area contributed by atoms with E-state index in [0.717, 1.165) is 34.3 Å². The minimum atomic E-state index is -1.04. The van der Waals surface area contributed by atoms with Gasteiger partial charge in [0.25, 0.3) is 0 Å². The van der Waals surface area contributed by atoms with Crippen molar-refractivity contribution in [3.05, 3.63) is 53.7 Å². The molecule has 0 unspecified atom stereocenters. The van der Waals surface area contributed by atoms with Crippen LogP contribution in [0.5, 0.6) is 6.01 Å². The van der Waals surface area contributed by atoms with Crippen molar-refractivity contribution in [1.82, 2.24) is 20.2 Å². The summed E-state index contributed by atoms with van der Waals surface area (Å²) in [6.45, 7) is 1.22. The van der Waals surface area contributed by atoms with Crippen molar-refractivity contribution in [1.29, 1.82) is 5.26 Å². The minimum absolute atomic E-state index is 0.0759. The standard InChI is InChI=1S/C31H35F2N7O3/c32-18-31(19-33)14-22(35-20-31)17-43-29-36-26-16-38(27-7-3-5-21-4-1-2-6-24(21)27)11-9-25(26)28(37-29)39-12-13-40(30(41)42)23(15-39)8-10-34/h1-7,22-23,35H,8-9,11-20H2,(H,41,42)/t22-,23-/m0/s1. The summed E-state index contributed by atoms with van der Waals surface area (Å²) in [4.78, 5) is 27.1. The zero-order valence-corrected chi connectivity index (χ0v) is 23.9. The molecule has 2 fully saturated rings. The Hall–Kier alpha value is -4.24. The highest BCUT2D eigenvalue weighted by Gasteiger charge is 2.40. The van der Waals surface area contributed by atoms with E-state index in [2.05, 4.69) is 40.6 Å². The summed E-state index contributed by atoms with van der Waals surface area (Å²) in [5.41, 5.74) is 1.89. The van der Waals surface area contributed by atoms with Crippen LogP contribution in [0.3, 0.4) is 0 Å². The summed E-state index contributed by atoms with van der Waals surface area (Å²) < 4.78 is 33.2. The van der Waals surface area contributed by atoms with Crippen molar-refractivity contribution in [2.45, 2.75) is 37.9 Å². The number of piperazine rings is 1. The van der Waals surface area contributed by atoms with Crippen LogP contribution in [0.2, 0.25) is 0 Å². The third-order valence-corrected chi connectivity index (χ3v) is 8.91. The van der Waals surface area contributed by atoms with Crippen LogP contribution < -0.4 is 19.9 Å². The van der Waals surface area contributed by atoms with E-state index in [4.69, 9.17) is 14.7 Å². The van der Waals surface area contributed by atoms with E-state index in [9.17, 15) is 23.9 Å². The number of aromatic nitrogens is 2. The number of nitriles is 1. The second-order valence-electron chi connectivity index (χ2n) is 11.7. The highest BCUT2D eigenvalue weighted by atomic mass is 19.1. The molecule has 2 atom stereocenters. The number of carbonyl (C=O) groups is 1. The third kappa shape index (κ3) is 5.73. The molecular formula is C31H35F2N7O3. The van der Waals surface area contributed by atoms with Crippen LogP contribution in [0.15, 0.2) is 42.5 Å². The average Bonchev–Trinajstić information content (AvgIpc) is 3.47. The third-order valence-electron chi connectivity index (χ3n) is 8.91. The maximum atomic E-state index is 13.6. The largest absolute Gasteiger partial charge is 0.465 e. The fourth-order valence-electron chi connectivity index (χ4n) is 6.54. The van der Waals surface area contributed by atoms with Gasteiger partial charge >= 0.3 is 12.1 Å². The van der Waals surface area contributed by atoms with Gasteiger partial charge in [0.2, 0.25) is 0 Å². The van der Waals surface area contributed by atoms with E-state index >= 15 is 0 Å². The predicted molar refractivity (Wildman–Crippen MR) is 158 cm³/mol. The lowest BCUT2D eigenvalue weighted by molar-refractivity contribution is 0.119. The van der Waals surface area contributed by atoms with Crippen LogP contribution in [0.1, 0.15) is 24.1 Å². The Bertz CT molecular complexity index is 1520. The van der Waals surface area contributed by atoms with Gasteiger partial charge in [0, 0.05) is 60.8 Å². The summed E-state index contributed by atoms with van der Waals surface area (Å²) in [5.74, 6) is 0.687. The fraction of sp³-hybridized carbons (Fsp3) is 0.484. The number of ether oxygens (including phenoxy) is 1. The average molecular weight is 592 g/mol. The quantitative estimate of drug-likeness (QED) is 0.402. The summed E-state index contributed by atoms with van der Waals surface area (Å²) in [6, 6.07) is 16.1. The van der Waals surface area contributed by atoms with Gasteiger partial charge in [0.1, 0.15) is 12.4 Å². The van der Waals surface area contributed by atoms with E-state index in [-0.39, 0.29) is 38.2 Å². The molecule has 1 amide bonds. The van der Waals surface area contributed by atoms with Gasteiger partial charge in [-0.05, 0) is 24.3 Å². The van der Waals surface area contributed by atoms with E-state index in [1.807, 2.05) is 23.1 Å². The van der Waals surface area contributed by atoms with Gasteiger partial charge in [-0.2, -0.15) is 15.2 Å². The number of benzene rings is 2. The molecule has 0 saturated carbocycles. The van der Waals surface area contributed by atoms with Crippen molar-refractivity contribution in [3.63, 3.8) is 0 Å². The normalized spacial score (nSPS) is 21.5. The van der Waals surface area contributed by atoms with Gasteiger partial charge in [-0.3, -0.25) is 8.78 Å². The predicted octanol–water partition coefficient (Wildman–Crippen LogP) is 3.94. The molecule has 4 heterocycles. The van der Waals surface area contributed by atoms with Crippen molar-refractivity contribution in [2.75, 3.05) is 62.5 Å². The van der Waals surface area contributed by atoms with Crippen molar-refractivity contribution < 1.29 is 23.4 Å². The van der Waals surface area contributed by atoms with Gasteiger partial charge in [0.05, 0.1) is 44.1 Å². The first-order valence-electron chi connectivity index (χ1n) is 14.7. The first-order valence-corrected chi connectivity index (χ1v) is 14.7. The number of fused-ring (bicyclic) bond motifs is 2. The molecule has 2 N–H and O–H groups in total. The number of hydrogen-bond donors (Lipinski definition) is 2. The molecule has 3 aliphatic rings. The number of nitrogens with zero attached hydrogens (tertiary/aromatic N) is 6. The Morgan fingerprint density at radius 3 is 2.70 bits per heavy atom. The Morgan fingerprint density at radius 1 is 1.12 bits per heavy atom. The molecule has 0 bridgehead atoms. The minimum Gasteiger partial charge on any atom is -0.465 e. The van der Waals surface area contributed by atoms with Crippen LogP contribution in [0.4, 0.5) is 25.1 Å². The molecule has 43 heavy (non-hydrogen) atoms. The Kier molecular flexibility index (Phi) is 8.17. The van der Waals surface area contributed by atoms with Crippen molar-refractivity contribution >= 4 is 28.4 Å². The molecule has 3 aliphatic heterocycles. The second-order valence-corrected chi connectivity index (χ2v) is 11.7. The van der Waals surface area contributed by atoms with Gasteiger partial charge in [-0.15, -0.1) is 0 Å². The molecule has 0 spiro atoms. The number of carboxylic acid groups (broad SMARTS) is 1. The lowest BCUT2D eigenvalue weighted by atomic mass is 9.89. The molecule has 3 aromatic rings. The summed E-state index contributed by atoms with van der Waals surface area (Å²) in [6.07, 6.45) is 0.0309. The summed E-state index contributed by atoms with van der Waals surface area (Å²) in [5, 5.41) is 24.5. The lowest BCUT2D eigenvalue weighted by Gasteiger charge is -2.41. The highest BCUT2D eigenvalue weighted by molar-refractivity contribution is 5.94. The zero-order chi connectivity index (χ0) is 30.0. The molecule has 6 rings (SSSR count). The zero-order valence-electron chi connectivity index (χ0n) is 23.9. The number of rotatable bonds is 8. The molecular weight excluding hydrogens is 556 g/mol. The molecule has 1 aromatic heterocycles. The number of amides is 1. The maximum Gasteiger partial charge on any atom is 0.407 e. The van der Waals surface area contributed by atoms with E-state index in [1.54, 1.807) is 0 Å². The molecule has 226 valence electrons. The van der Waals surface area contributed by atoms with Gasteiger partial charge < -0.3 is 29.9 Å². The second kappa shape index (κ2) is 12.2. The van der Waals surface area contributed by atoms with E-state index in [0.29, 0.717) is 38.3 Å². The Morgan fingerprint density at radius 2 is 1.93 bits per heavy atom. The van der Waals surface area contributed by atoms with Gasteiger partial charge in [-0.1, -0.05) is 36.4 Å². The van der Waals surface area contributed by atoms with E-state index in [1.165, 1.54) is 4.90 Å². The van der Waals surface area contributed by atoms with Crippen molar-refractivity contribution in [3.8, 4) is 12.1 Å². The smallest absolute Gasteiger partial charge is 0.407 e. The molecule has 12 heteroatoms. The van der Waals surface area contributed by atoms with Crippen LogP contribution in [-0.4, -0.2) is 90.8 Å². The molecule has 10 nitrogen and oxygen atoms in total. The SMILES string of the molecule is N#CC[C@H]1CN(c2nc(OC[C@@H]3CC(CF)(CF)CN3)nc3c2CCN(c2cccc4ccccc24)C3)CCN1C(=O)O. The first kappa shape index (κ1) is 28.9. The van der Waals surface area contributed by atoms with Crippen LogP contribution in [0.25, 0.3) is 10.8 Å². The summed E-state index contributed by atoms with van der Waals surface area (Å²) >= 11 is 0. The topological polar surface area (TPSA) is 118 Å². The monoisotopic (exact) mass is 591 g/mol. The number of nitrogens with one attached hydrogen (secondary N) is 1. The fourth-order valence-corrected chi connectivity index (χ4v) is 6.54. The van der Waals surface area contributed by atoms with Crippen molar-refractivity contribution in [2.24, 2.45) is 5.41 Å². The summed E-state index contributed by atoms with van der Waals surface area (Å²) in [7, 11) is 0. The molecule has 2 aromatic carbocycles. The molecule has 0 radical (unpaired) electrons. The number of anilines is 2. The van der Waals surface area contributed by atoms with E-state index < -0.39 is 30.9 Å². The van der Waals surface area contributed by atoms with Crippen LogP contribution >= 0.6 is 0 Å². The Labute approximate surface area is 248 Å². The maximum absolute atomic E-state index is 13.6. The van der Waals surface area contributed by atoms with Crippen LogP contribution in [0, 0.1) is 16.7 Å². The number of hydrogen-bond acceptors (Lipinski definition) is 8. The Balaban J connectivity index is 1.30. The van der Waals surface area contributed by atoms with Crippen LogP contribution in [-0.2, 0) is 13.0 Å². The molecule has 2 saturated heterocycles. The number of halogens is 2. The number of alkyl halides is 2. The van der Waals surface area contributed by atoms with Gasteiger partial charge in [0.15, 0.2) is 0 Å². The molecule has 0 aliphatic carbocycles. The van der Waals surface area contributed by atoms with Gasteiger partial charge in [-0.25, -0.2) is 4.79 Å². The lowest BCUT2D eigenvalue weighted by Crippen LogP contribution is -2.55. The highest BCUT2D eigenvalue weighted by Crippen LogP contribution is 2.35. The first-order chi connectivity index (χ1) is 20.9.